The van der Waals surface area contributed by atoms with E-state index in [4.69, 9.17) is 14.2 Å². The number of fused-ring (bicyclic) bond motifs is 1. The molecule has 5 nitrogen and oxygen atoms in total. The predicted molar refractivity (Wildman–Crippen MR) is 56.1 cm³/mol. The van der Waals surface area contributed by atoms with E-state index in [0.29, 0.717) is 32.1 Å². The lowest BCUT2D eigenvalue weighted by Crippen LogP contribution is -2.23. The molecule has 0 aromatic heterocycles. The maximum Gasteiger partial charge on any atom is 0.414 e. The number of nitrogens with zero attached hydrogens (tertiary/aromatic N) is 1. The first kappa shape index (κ1) is 9.33. The van der Waals surface area contributed by atoms with Gasteiger partial charge in [0.25, 0.3) is 0 Å². The summed E-state index contributed by atoms with van der Waals surface area (Å²) in [6, 6.07) is 5.45. The van der Waals surface area contributed by atoms with Crippen LogP contribution < -0.4 is 14.4 Å². The van der Waals surface area contributed by atoms with E-state index in [1.165, 1.54) is 0 Å². The first-order valence-electron chi connectivity index (χ1n) is 5.18. The van der Waals surface area contributed by atoms with E-state index >= 15 is 0 Å². The third-order valence-electron chi connectivity index (χ3n) is 2.60. The van der Waals surface area contributed by atoms with Crippen LogP contribution in [0.25, 0.3) is 0 Å². The van der Waals surface area contributed by atoms with Crippen LogP contribution in [-0.2, 0) is 4.74 Å². The summed E-state index contributed by atoms with van der Waals surface area (Å²) in [5.74, 6) is 1.41. The Morgan fingerprint density at radius 3 is 2.56 bits per heavy atom. The fourth-order valence-electron chi connectivity index (χ4n) is 1.83. The maximum absolute atomic E-state index is 11.4. The summed E-state index contributed by atoms with van der Waals surface area (Å²) < 4.78 is 15.7. The molecule has 0 bridgehead atoms. The van der Waals surface area contributed by atoms with Gasteiger partial charge in [-0.2, -0.15) is 0 Å². The van der Waals surface area contributed by atoms with Gasteiger partial charge in [0.15, 0.2) is 11.5 Å². The van der Waals surface area contributed by atoms with Crippen LogP contribution in [0.4, 0.5) is 10.5 Å². The van der Waals surface area contributed by atoms with Crippen molar-refractivity contribution in [1.82, 2.24) is 0 Å². The Bertz CT molecular complexity index is 432. The highest BCUT2D eigenvalue weighted by atomic mass is 16.6. The van der Waals surface area contributed by atoms with Gasteiger partial charge in [-0.15, -0.1) is 0 Å². The molecule has 2 heterocycles. The molecule has 0 saturated carbocycles. The highest BCUT2D eigenvalue weighted by Gasteiger charge is 2.25. The van der Waals surface area contributed by atoms with Gasteiger partial charge >= 0.3 is 6.09 Å². The van der Waals surface area contributed by atoms with Gasteiger partial charge in [-0.25, -0.2) is 4.79 Å². The van der Waals surface area contributed by atoms with Crippen LogP contribution in [0.2, 0.25) is 0 Å². The van der Waals surface area contributed by atoms with Crippen LogP contribution in [0, 0.1) is 0 Å². The van der Waals surface area contributed by atoms with Gasteiger partial charge < -0.3 is 14.2 Å². The summed E-state index contributed by atoms with van der Waals surface area (Å²) in [5.41, 5.74) is 0.784. The molecule has 0 N–H and O–H groups in total. The SMILES string of the molecule is O=C1OCCN1c1ccc2c(c1)OCCO2. The summed E-state index contributed by atoms with van der Waals surface area (Å²) in [6.45, 7) is 2.13. The van der Waals surface area contributed by atoms with Crippen molar-refractivity contribution in [3.63, 3.8) is 0 Å². The molecule has 16 heavy (non-hydrogen) atoms. The van der Waals surface area contributed by atoms with Gasteiger partial charge in [0, 0.05) is 6.07 Å². The van der Waals surface area contributed by atoms with Crippen molar-refractivity contribution in [2.75, 3.05) is 31.3 Å². The van der Waals surface area contributed by atoms with E-state index < -0.39 is 0 Å². The van der Waals surface area contributed by atoms with Crippen molar-refractivity contribution in [3.05, 3.63) is 18.2 Å². The van der Waals surface area contributed by atoms with Gasteiger partial charge in [0.1, 0.15) is 19.8 Å². The lowest BCUT2D eigenvalue weighted by Gasteiger charge is -2.20. The molecule has 84 valence electrons. The Morgan fingerprint density at radius 2 is 1.81 bits per heavy atom. The molecule has 0 spiro atoms. The Morgan fingerprint density at radius 1 is 1.00 bits per heavy atom. The molecule has 0 unspecified atom stereocenters. The molecule has 3 rings (SSSR count). The van der Waals surface area contributed by atoms with E-state index in [9.17, 15) is 4.79 Å². The van der Waals surface area contributed by atoms with Crippen LogP contribution in [-0.4, -0.2) is 32.5 Å². The normalized spacial score (nSPS) is 18.5. The molecule has 1 saturated heterocycles. The van der Waals surface area contributed by atoms with Crippen molar-refractivity contribution in [2.45, 2.75) is 0 Å². The maximum atomic E-state index is 11.4. The number of cyclic esters (lactones) is 1. The molecule has 0 atom stereocenters. The second-order valence-electron chi connectivity index (χ2n) is 3.59. The van der Waals surface area contributed by atoms with Crippen molar-refractivity contribution >= 4 is 11.8 Å². The van der Waals surface area contributed by atoms with E-state index in [2.05, 4.69) is 0 Å². The summed E-state index contributed by atoms with van der Waals surface area (Å²) in [5, 5.41) is 0. The van der Waals surface area contributed by atoms with Crippen molar-refractivity contribution in [2.24, 2.45) is 0 Å². The van der Waals surface area contributed by atoms with Gasteiger partial charge in [-0.05, 0) is 12.1 Å². The zero-order valence-corrected chi connectivity index (χ0v) is 8.64. The smallest absolute Gasteiger partial charge is 0.414 e. The van der Waals surface area contributed by atoms with E-state index in [0.717, 1.165) is 11.4 Å². The zero-order chi connectivity index (χ0) is 11.0. The second-order valence-corrected chi connectivity index (χ2v) is 3.59. The van der Waals surface area contributed by atoms with Crippen LogP contribution in [0.5, 0.6) is 11.5 Å². The molecule has 1 aromatic rings. The molecule has 0 radical (unpaired) electrons. The average Bonchev–Trinajstić information content (AvgIpc) is 2.75. The fraction of sp³-hybridized carbons (Fsp3) is 0.364. The zero-order valence-electron chi connectivity index (χ0n) is 8.64. The van der Waals surface area contributed by atoms with Crippen LogP contribution >= 0.6 is 0 Å². The molecular formula is C11H11NO4. The van der Waals surface area contributed by atoms with Crippen LogP contribution in [0.1, 0.15) is 0 Å². The van der Waals surface area contributed by atoms with Gasteiger partial charge in [-0.1, -0.05) is 0 Å². The number of carbonyl (C=O) groups is 1. The molecular weight excluding hydrogens is 210 g/mol. The molecule has 1 amide bonds. The topological polar surface area (TPSA) is 48.0 Å². The number of ether oxygens (including phenoxy) is 3. The second kappa shape index (κ2) is 3.59. The van der Waals surface area contributed by atoms with E-state index in [1.54, 1.807) is 11.0 Å². The lowest BCUT2D eigenvalue weighted by atomic mass is 10.2. The standard InChI is InChI=1S/C11H11NO4/c13-11-12(3-4-16-11)8-1-2-9-10(7-8)15-6-5-14-9/h1-2,7H,3-6H2. The van der Waals surface area contributed by atoms with Crippen molar-refractivity contribution < 1.29 is 19.0 Å². The minimum absolute atomic E-state index is 0.309. The summed E-state index contributed by atoms with van der Waals surface area (Å²) in [4.78, 5) is 13.0. The third kappa shape index (κ3) is 1.44. The first-order valence-corrected chi connectivity index (χ1v) is 5.18. The third-order valence-corrected chi connectivity index (χ3v) is 2.60. The van der Waals surface area contributed by atoms with Crippen LogP contribution in [0.3, 0.4) is 0 Å². The van der Waals surface area contributed by atoms with E-state index in [-0.39, 0.29) is 6.09 Å². The molecule has 2 aliphatic rings. The highest BCUT2D eigenvalue weighted by Crippen LogP contribution is 2.34. The largest absolute Gasteiger partial charge is 0.486 e. The molecule has 5 heteroatoms. The first-order chi connectivity index (χ1) is 7.84. The predicted octanol–water partition coefficient (Wildman–Crippen LogP) is 1.41. The summed E-state index contributed by atoms with van der Waals surface area (Å²) in [7, 11) is 0. The number of benzene rings is 1. The molecule has 0 aliphatic carbocycles. The van der Waals surface area contributed by atoms with Gasteiger partial charge in [-0.3, -0.25) is 4.90 Å². The highest BCUT2D eigenvalue weighted by molar-refractivity contribution is 5.89. The van der Waals surface area contributed by atoms with Gasteiger partial charge in [0.2, 0.25) is 0 Å². The summed E-state index contributed by atoms with van der Waals surface area (Å²) >= 11 is 0. The number of anilines is 1. The van der Waals surface area contributed by atoms with Crippen molar-refractivity contribution in [3.8, 4) is 11.5 Å². The Kier molecular flexibility index (Phi) is 2.09. The molecule has 1 aromatic carbocycles. The number of hydrogen-bond acceptors (Lipinski definition) is 4. The minimum atomic E-state index is -0.309. The number of rotatable bonds is 1. The molecule has 1 fully saturated rings. The van der Waals surface area contributed by atoms with Crippen LogP contribution in [0.15, 0.2) is 18.2 Å². The Hall–Kier alpha value is -1.91. The molecule has 2 aliphatic heterocycles. The van der Waals surface area contributed by atoms with Crippen molar-refractivity contribution in [1.29, 1.82) is 0 Å². The Balaban J connectivity index is 1.93. The van der Waals surface area contributed by atoms with Gasteiger partial charge in [0.05, 0.1) is 12.2 Å². The fourth-order valence-corrected chi connectivity index (χ4v) is 1.83. The van der Waals surface area contributed by atoms with E-state index in [1.807, 2.05) is 12.1 Å². The number of carbonyl (C=O) groups excluding carboxylic acids is 1. The number of amides is 1. The Labute approximate surface area is 92.5 Å². The minimum Gasteiger partial charge on any atom is -0.486 e. The lowest BCUT2D eigenvalue weighted by molar-refractivity contribution is 0.171. The average molecular weight is 221 g/mol. The monoisotopic (exact) mass is 221 g/mol. The number of hydrogen-bond donors (Lipinski definition) is 0. The quantitative estimate of drug-likeness (QED) is 0.719. The summed E-state index contributed by atoms with van der Waals surface area (Å²) in [6.07, 6.45) is -0.309.